The van der Waals surface area contributed by atoms with Gasteiger partial charge in [-0.1, -0.05) is 78.3 Å². The summed E-state index contributed by atoms with van der Waals surface area (Å²) >= 11 is 6.33. The third-order valence-corrected chi connectivity index (χ3v) is 8.49. The first-order valence-corrected chi connectivity index (χ1v) is 15.9. The minimum absolute atomic E-state index is 0.0785. The van der Waals surface area contributed by atoms with Gasteiger partial charge in [0.25, 0.3) is 0 Å². The zero-order valence-corrected chi connectivity index (χ0v) is 28.0. The quantitative estimate of drug-likeness (QED) is 0.115. The lowest BCUT2D eigenvalue weighted by Crippen LogP contribution is -2.61. The molecule has 1 unspecified atom stereocenters. The SMILES string of the molecule is CCOC(=O)/C(C)=C1/N(c2ccc(Cl)cc2)C(C(=O)OC)=C(C(=O)OC)C12N(c1ccccc1)N=C(c1ccccc1)N2c1ccccc1. The van der Waals surface area contributed by atoms with Crippen LogP contribution in [0.3, 0.4) is 0 Å². The van der Waals surface area contributed by atoms with Crippen molar-refractivity contribution in [2.75, 3.05) is 35.6 Å². The van der Waals surface area contributed by atoms with E-state index in [1.165, 1.54) is 19.1 Å². The monoisotopic (exact) mass is 676 g/mol. The summed E-state index contributed by atoms with van der Waals surface area (Å²) in [6, 6.07) is 34.6. The highest BCUT2D eigenvalue weighted by molar-refractivity contribution is 6.30. The molecule has 0 radical (unpaired) electrons. The molecule has 2 aliphatic rings. The number of rotatable bonds is 8. The molecule has 0 N–H and O–H groups in total. The summed E-state index contributed by atoms with van der Waals surface area (Å²) in [6.45, 7) is 3.38. The van der Waals surface area contributed by atoms with Crippen LogP contribution in [0.4, 0.5) is 17.1 Å². The molecule has 2 aliphatic heterocycles. The lowest BCUT2D eigenvalue weighted by molar-refractivity contribution is -0.139. The van der Waals surface area contributed by atoms with Crippen molar-refractivity contribution in [1.82, 2.24) is 0 Å². The van der Waals surface area contributed by atoms with Crippen LogP contribution in [-0.2, 0) is 28.6 Å². The molecule has 0 aliphatic carbocycles. The van der Waals surface area contributed by atoms with Gasteiger partial charge in [0.2, 0.25) is 5.66 Å². The molecule has 2 heterocycles. The van der Waals surface area contributed by atoms with Crippen LogP contribution in [0.1, 0.15) is 19.4 Å². The summed E-state index contributed by atoms with van der Waals surface area (Å²) < 4.78 is 16.5. The first kappa shape index (κ1) is 33.0. The molecule has 49 heavy (non-hydrogen) atoms. The van der Waals surface area contributed by atoms with Crippen molar-refractivity contribution < 1.29 is 28.6 Å². The lowest BCUT2D eigenvalue weighted by Gasteiger charge is -2.44. The number of carbonyl (C=O) groups excluding carboxylic acids is 3. The molecular formula is C38H33ClN4O6. The zero-order chi connectivity index (χ0) is 34.7. The molecule has 11 heteroatoms. The van der Waals surface area contributed by atoms with E-state index in [0.717, 1.165) is 0 Å². The second-order valence-corrected chi connectivity index (χ2v) is 11.4. The second-order valence-electron chi connectivity index (χ2n) is 11.0. The average molecular weight is 677 g/mol. The summed E-state index contributed by atoms with van der Waals surface area (Å²) in [6.07, 6.45) is 0. The molecule has 248 valence electrons. The number of hydrogen-bond donors (Lipinski definition) is 0. The number of amidine groups is 1. The Kier molecular flexibility index (Phi) is 9.24. The van der Waals surface area contributed by atoms with Gasteiger partial charge in [0.1, 0.15) is 11.3 Å². The van der Waals surface area contributed by atoms with Crippen molar-refractivity contribution >= 4 is 52.4 Å². The molecule has 0 saturated carbocycles. The molecule has 0 amide bonds. The fourth-order valence-electron chi connectivity index (χ4n) is 6.27. The summed E-state index contributed by atoms with van der Waals surface area (Å²) in [5, 5.41) is 7.32. The predicted octanol–water partition coefficient (Wildman–Crippen LogP) is 6.68. The van der Waals surface area contributed by atoms with Crippen LogP contribution in [0.5, 0.6) is 0 Å². The molecule has 10 nitrogen and oxygen atoms in total. The highest BCUT2D eigenvalue weighted by Crippen LogP contribution is 2.56. The van der Waals surface area contributed by atoms with E-state index in [1.54, 1.807) is 43.1 Å². The normalized spacial score (nSPS) is 18.1. The summed E-state index contributed by atoms with van der Waals surface area (Å²) in [7, 11) is 2.46. The fourth-order valence-corrected chi connectivity index (χ4v) is 6.39. The third kappa shape index (κ3) is 5.49. The third-order valence-electron chi connectivity index (χ3n) is 8.24. The number of para-hydroxylation sites is 2. The van der Waals surface area contributed by atoms with Gasteiger partial charge in [-0.3, -0.25) is 4.90 Å². The van der Waals surface area contributed by atoms with E-state index in [4.69, 9.17) is 30.9 Å². The number of halogens is 1. The Morgan fingerprint density at radius 2 is 1.29 bits per heavy atom. The Hall–Kier alpha value is -5.87. The summed E-state index contributed by atoms with van der Waals surface area (Å²) in [5.74, 6) is -1.94. The first-order valence-electron chi connectivity index (χ1n) is 15.5. The van der Waals surface area contributed by atoms with E-state index >= 15 is 0 Å². The van der Waals surface area contributed by atoms with Gasteiger partial charge in [-0.25, -0.2) is 19.4 Å². The minimum Gasteiger partial charge on any atom is -0.465 e. The van der Waals surface area contributed by atoms with E-state index in [2.05, 4.69) is 0 Å². The van der Waals surface area contributed by atoms with Gasteiger partial charge in [-0.05, 0) is 62.4 Å². The van der Waals surface area contributed by atoms with Crippen molar-refractivity contribution in [3.63, 3.8) is 0 Å². The lowest BCUT2D eigenvalue weighted by atomic mass is 9.90. The molecule has 0 aromatic heterocycles. The van der Waals surface area contributed by atoms with Crippen LogP contribution in [0.15, 0.2) is 143 Å². The van der Waals surface area contributed by atoms with Crippen LogP contribution >= 0.6 is 11.6 Å². The Morgan fingerprint density at radius 3 is 1.84 bits per heavy atom. The molecule has 0 saturated heterocycles. The van der Waals surface area contributed by atoms with Crippen molar-refractivity contribution in [2.45, 2.75) is 19.5 Å². The van der Waals surface area contributed by atoms with E-state index in [0.29, 0.717) is 33.5 Å². The van der Waals surface area contributed by atoms with Crippen LogP contribution in [0.25, 0.3) is 0 Å². The number of nitrogens with zero attached hydrogens (tertiary/aromatic N) is 4. The number of esters is 3. The Labute approximate surface area is 289 Å². The van der Waals surface area contributed by atoms with Crippen LogP contribution in [0, 0.1) is 0 Å². The average Bonchev–Trinajstić information content (AvgIpc) is 3.65. The van der Waals surface area contributed by atoms with Gasteiger partial charge < -0.3 is 19.1 Å². The molecule has 6 rings (SSSR count). The highest BCUT2D eigenvalue weighted by Gasteiger charge is 2.67. The molecular weight excluding hydrogens is 644 g/mol. The van der Waals surface area contributed by atoms with Crippen molar-refractivity contribution in [2.24, 2.45) is 5.10 Å². The van der Waals surface area contributed by atoms with Gasteiger partial charge >= 0.3 is 17.9 Å². The zero-order valence-electron chi connectivity index (χ0n) is 27.3. The van der Waals surface area contributed by atoms with Crippen LogP contribution in [-0.4, -0.2) is 50.2 Å². The molecule has 4 aromatic carbocycles. The van der Waals surface area contributed by atoms with Gasteiger partial charge in [0.05, 0.1) is 37.8 Å². The standard InChI is InChI=1S/C38H33ClN4O6/c1-5-49-35(44)25(2)33-38(31(36(45)47-3)32(37(46)48-4)41(33)28-23-21-27(39)22-24-28)42(29-17-11-7-12-18-29)34(26-15-9-6-10-16-26)40-43(38)30-19-13-8-14-20-30/h6-24H,5H2,1-4H3/b33-25+. The summed E-state index contributed by atoms with van der Waals surface area (Å²) in [5.41, 5.74) is 0.357. The Balaban J connectivity index is 1.87. The Morgan fingerprint density at radius 1 is 0.735 bits per heavy atom. The number of hydrazone groups is 1. The number of anilines is 3. The van der Waals surface area contributed by atoms with E-state index in [9.17, 15) is 14.4 Å². The maximum atomic E-state index is 14.5. The number of methoxy groups -OCH3 is 2. The van der Waals surface area contributed by atoms with E-state index < -0.39 is 23.6 Å². The number of ether oxygens (including phenoxy) is 3. The van der Waals surface area contributed by atoms with Crippen LogP contribution < -0.4 is 14.8 Å². The van der Waals surface area contributed by atoms with Gasteiger partial charge in [-0.15, -0.1) is 0 Å². The molecule has 4 aromatic rings. The smallest absolute Gasteiger partial charge is 0.355 e. The van der Waals surface area contributed by atoms with E-state index in [1.807, 2.05) is 95.9 Å². The van der Waals surface area contributed by atoms with E-state index in [-0.39, 0.29) is 29.1 Å². The number of benzene rings is 4. The topological polar surface area (TPSA) is 101 Å². The molecule has 1 spiro atoms. The molecule has 0 bridgehead atoms. The fraction of sp³-hybridized carbons (Fsp3) is 0.158. The van der Waals surface area contributed by atoms with Crippen LogP contribution in [0.2, 0.25) is 5.02 Å². The molecule has 0 fully saturated rings. The Bertz CT molecular complexity index is 1980. The number of hydrogen-bond acceptors (Lipinski definition) is 10. The largest absolute Gasteiger partial charge is 0.465 e. The maximum Gasteiger partial charge on any atom is 0.355 e. The number of carbonyl (C=O) groups is 3. The van der Waals surface area contributed by atoms with Gasteiger partial charge in [0, 0.05) is 22.0 Å². The van der Waals surface area contributed by atoms with Gasteiger partial charge in [-0.2, -0.15) is 5.10 Å². The molecule has 1 atom stereocenters. The van der Waals surface area contributed by atoms with Gasteiger partial charge in [0.15, 0.2) is 5.84 Å². The van der Waals surface area contributed by atoms with Crippen molar-refractivity contribution in [1.29, 1.82) is 0 Å². The summed E-state index contributed by atoms with van der Waals surface area (Å²) in [4.78, 5) is 46.0. The highest BCUT2D eigenvalue weighted by atomic mass is 35.5. The van der Waals surface area contributed by atoms with Crippen molar-refractivity contribution in [3.8, 4) is 0 Å². The minimum atomic E-state index is -1.87. The maximum absolute atomic E-state index is 14.5. The first-order chi connectivity index (χ1) is 23.8. The van der Waals surface area contributed by atoms with Crippen molar-refractivity contribution in [3.05, 3.63) is 148 Å². The predicted molar refractivity (Wildman–Crippen MR) is 188 cm³/mol. The second kappa shape index (κ2) is 13.7.